The van der Waals surface area contributed by atoms with Crippen LogP contribution in [0.15, 0.2) is 71.6 Å². The van der Waals surface area contributed by atoms with Crippen molar-refractivity contribution in [2.75, 3.05) is 48.0 Å². The first-order valence-corrected chi connectivity index (χ1v) is 15.3. The molecule has 2 aliphatic rings. The second-order valence-corrected chi connectivity index (χ2v) is 13.1. The average molecular weight is 579 g/mol. The van der Waals surface area contributed by atoms with Gasteiger partial charge in [0.1, 0.15) is 11.9 Å². The fourth-order valence-electron chi connectivity index (χ4n) is 5.61. The Morgan fingerprint density at radius 3 is 2.17 bits per heavy atom. The first-order chi connectivity index (χ1) is 19.6. The summed E-state index contributed by atoms with van der Waals surface area (Å²) in [6, 6.07) is 20.5. The van der Waals surface area contributed by atoms with Gasteiger partial charge in [0.05, 0.1) is 34.3 Å². The van der Waals surface area contributed by atoms with Gasteiger partial charge in [0.2, 0.25) is 5.91 Å². The highest BCUT2D eigenvalue weighted by Crippen LogP contribution is 2.46. The summed E-state index contributed by atoms with van der Waals surface area (Å²) >= 11 is 0. The monoisotopic (exact) mass is 578 g/mol. The molecule has 10 nitrogen and oxygen atoms in total. The number of piperazine rings is 1. The van der Waals surface area contributed by atoms with Crippen LogP contribution in [0.4, 0.5) is 22.7 Å². The number of amides is 1. The standard InChI is InChI=1S/C30H38N6O4S/c1-20(2)41(38,39)28-12-8-7-11-26(28)36-29(31)23-9-5-6-10-24(23)35(30(36)32)25-14-13-22(19-27(25)40-4)34-17-15-33(16-18-34)21(3)37/h5-14,19-20,29-30H,15-18,31-32H2,1-4H3. The largest absolute Gasteiger partial charge is 0.494 e. The number of rotatable bonds is 6. The number of fused-ring (bicyclic) bond motifs is 1. The number of methoxy groups -OCH3 is 1. The Kier molecular flexibility index (Phi) is 7.87. The van der Waals surface area contributed by atoms with Crippen LogP contribution in [0.25, 0.3) is 0 Å². The van der Waals surface area contributed by atoms with Crippen LogP contribution in [0, 0.1) is 0 Å². The fraction of sp³-hybridized carbons (Fsp3) is 0.367. The highest BCUT2D eigenvalue weighted by molar-refractivity contribution is 7.92. The summed E-state index contributed by atoms with van der Waals surface area (Å²) < 4.78 is 32.7. The van der Waals surface area contributed by atoms with Crippen LogP contribution in [-0.4, -0.2) is 64.1 Å². The van der Waals surface area contributed by atoms with E-state index in [2.05, 4.69) is 4.90 Å². The molecule has 0 radical (unpaired) electrons. The van der Waals surface area contributed by atoms with Crippen LogP contribution in [0.1, 0.15) is 32.5 Å². The highest BCUT2D eigenvalue weighted by Gasteiger charge is 2.40. The molecule has 0 bridgehead atoms. The first kappa shape index (κ1) is 28.7. The van der Waals surface area contributed by atoms with Gasteiger partial charge in [0.15, 0.2) is 16.1 Å². The molecule has 41 heavy (non-hydrogen) atoms. The Bertz CT molecular complexity index is 1540. The number of nitrogens with zero attached hydrogens (tertiary/aromatic N) is 4. The smallest absolute Gasteiger partial charge is 0.219 e. The van der Waals surface area contributed by atoms with Crippen LogP contribution >= 0.6 is 0 Å². The van der Waals surface area contributed by atoms with Crippen molar-refractivity contribution >= 4 is 38.5 Å². The molecule has 5 rings (SSSR count). The van der Waals surface area contributed by atoms with Gasteiger partial charge in [-0.3, -0.25) is 10.5 Å². The number of ether oxygens (including phenoxy) is 1. The van der Waals surface area contributed by atoms with Gasteiger partial charge in [0, 0.05) is 50.4 Å². The van der Waals surface area contributed by atoms with Gasteiger partial charge >= 0.3 is 0 Å². The predicted octanol–water partition coefficient (Wildman–Crippen LogP) is 3.40. The van der Waals surface area contributed by atoms with Gasteiger partial charge in [-0.2, -0.15) is 0 Å². The van der Waals surface area contributed by atoms with Crippen molar-refractivity contribution in [1.82, 2.24) is 4.90 Å². The van der Waals surface area contributed by atoms with Gasteiger partial charge < -0.3 is 30.1 Å². The predicted molar refractivity (Wildman–Crippen MR) is 162 cm³/mol. The van der Waals surface area contributed by atoms with Crippen LogP contribution in [0.2, 0.25) is 0 Å². The normalized spacial score (nSPS) is 19.4. The molecule has 4 N–H and O–H groups in total. The third kappa shape index (κ3) is 5.09. The van der Waals surface area contributed by atoms with E-state index < -0.39 is 27.5 Å². The van der Waals surface area contributed by atoms with E-state index in [1.807, 2.05) is 52.3 Å². The Balaban J connectivity index is 1.59. The number of sulfone groups is 1. The third-order valence-corrected chi connectivity index (χ3v) is 10.1. The second kappa shape index (κ2) is 11.2. The number of carbonyl (C=O) groups is 1. The van der Waals surface area contributed by atoms with Gasteiger partial charge in [-0.1, -0.05) is 30.3 Å². The van der Waals surface area contributed by atoms with E-state index in [4.69, 9.17) is 16.2 Å². The zero-order valence-electron chi connectivity index (χ0n) is 23.9. The topological polar surface area (TPSA) is 125 Å². The van der Waals surface area contributed by atoms with Crippen molar-refractivity contribution in [1.29, 1.82) is 0 Å². The minimum absolute atomic E-state index is 0.0841. The van der Waals surface area contributed by atoms with Crippen LogP contribution in [0.3, 0.4) is 0 Å². The molecular formula is C30H38N6O4S. The van der Waals surface area contributed by atoms with Crippen LogP contribution in [-0.2, 0) is 14.6 Å². The van der Waals surface area contributed by atoms with Crippen LogP contribution in [0.5, 0.6) is 5.75 Å². The zero-order valence-corrected chi connectivity index (χ0v) is 24.7. The lowest BCUT2D eigenvalue weighted by molar-refractivity contribution is -0.129. The summed E-state index contributed by atoms with van der Waals surface area (Å²) in [7, 11) is -2.01. The molecule has 1 amide bonds. The lowest BCUT2D eigenvalue weighted by atomic mass is 10.0. The number of hydrogen-bond donors (Lipinski definition) is 2. The molecule has 0 saturated carbocycles. The molecule has 0 aromatic heterocycles. The van der Waals surface area contributed by atoms with E-state index in [1.165, 1.54) is 0 Å². The summed E-state index contributed by atoms with van der Waals surface area (Å²) in [5.41, 5.74) is 17.6. The maximum Gasteiger partial charge on any atom is 0.219 e. The number of para-hydroxylation sites is 2. The summed E-state index contributed by atoms with van der Waals surface area (Å²) in [6.45, 7) is 7.69. The quantitative estimate of drug-likeness (QED) is 0.453. The number of carbonyl (C=O) groups excluding carboxylic acids is 1. The van der Waals surface area contributed by atoms with E-state index in [1.54, 1.807) is 57.0 Å². The maximum atomic E-state index is 13.4. The van der Waals surface area contributed by atoms with E-state index in [0.29, 0.717) is 24.5 Å². The van der Waals surface area contributed by atoms with Crippen molar-refractivity contribution in [2.45, 2.75) is 43.4 Å². The average Bonchev–Trinajstić information content (AvgIpc) is 2.97. The lowest BCUT2D eigenvalue weighted by Gasteiger charge is -2.48. The van der Waals surface area contributed by atoms with E-state index in [-0.39, 0.29) is 10.8 Å². The first-order valence-electron chi connectivity index (χ1n) is 13.7. The zero-order chi connectivity index (χ0) is 29.5. The van der Waals surface area contributed by atoms with Crippen molar-refractivity contribution in [3.05, 3.63) is 72.3 Å². The Labute approximate surface area is 242 Å². The molecule has 2 heterocycles. The SMILES string of the molecule is COc1cc(N2CCN(C(C)=O)CC2)ccc1N1c2ccccc2C(N)N(c2ccccc2S(=O)(=O)C(C)C)C1N. The summed E-state index contributed by atoms with van der Waals surface area (Å²) in [4.78, 5) is 19.7. The lowest BCUT2D eigenvalue weighted by Crippen LogP contribution is -2.59. The molecule has 0 aliphatic carbocycles. The Morgan fingerprint density at radius 2 is 1.54 bits per heavy atom. The third-order valence-electron chi connectivity index (χ3n) is 7.95. The minimum Gasteiger partial charge on any atom is -0.494 e. The van der Waals surface area contributed by atoms with Crippen molar-refractivity contribution in [3.8, 4) is 5.75 Å². The number of hydrogen-bond acceptors (Lipinski definition) is 9. The fourth-order valence-corrected chi connectivity index (χ4v) is 6.85. The molecule has 2 unspecified atom stereocenters. The van der Waals surface area contributed by atoms with Gasteiger partial charge in [-0.05, 0) is 44.2 Å². The molecule has 0 spiro atoms. The van der Waals surface area contributed by atoms with Crippen LogP contribution < -0.4 is 30.9 Å². The molecule has 3 aromatic carbocycles. The molecule has 2 aliphatic heterocycles. The molecular weight excluding hydrogens is 540 g/mol. The number of anilines is 4. The second-order valence-electron chi connectivity index (χ2n) is 10.6. The molecule has 2 atom stereocenters. The van der Waals surface area contributed by atoms with Gasteiger partial charge in [-0.25, -0.2) is 8.42 Å². The van der Waals surface area contributed by atoms with Gasteiger partial charge in [-0.15, -0.1) is 0 Å². The van der Waals surface area contributed by atoms with E-state index >= 15 is 0 Å². The molecule has 1 fully saturated rings. The maximum absolute atomic E-state index is 13.4. The Morgan fingerprint density at radius 1 is 0.902 bits per heavy atom. The molecule has 218 valence electrons. The van der Waals surface area contributed by atoms with E-state index in [0.717, 1.165) is 35.7 Å². The van der Waals surface area contributed by atoms with Gasteiger partial charge in [0.25, 0.3) is 0 Å². The molecule has 1 saturated heterocycles. The molecule has 11 heteroatoms. The number of nitrogens with two attached hydrogens (primary N) is 2. The summed E-state index contributed by atoms with van der Waals surface area (Å²) in [6.07, 6.45) is -1.54. The van der Waals surface area contributed by atoms with Crippen molar-refractivity contribution in [3.63, 3.8) is 0 Å². The summed E-state index contributed by atoms with van der Waals surface area (Å²) in [5.74, 6) is 0.695. The Hall–Kier alpha value is -3.80. The minimum atomic E-state index is -3.63. The molecule has 3 aromatic rings. The summed E-state index contributed by atoms with van der Waals surface area (Å²) in [5, 5.41) is -0.616. The van der Waals surface area contributed by atoms with Crippen molar-refractivity contribution in [2.24, 2.45) is 11.5 Å². The highest BCUT2D eigenvalue weighted by atomic mass is 32.2. The van der Waals surface area contributed by atoms with E-state index in [9.17, 15) is 13.2 Å². The number of benzene rings is 3. The van der Waals surface area contributed by atoms with Crippen molar-refractivity contribution < 1.29 is 17.9 Å².